The number of hydrogen-bond donors (Lipinski definition) is 0. The SMILES string of the molecule is N#Cc1[c]sc(Cl)c1. The molecule has 1 aromatic rings. The summed E-state index contributed by atoms with van der Waals surface area (Å²) >= 11 is 6.72. The number of nitriles is 1. The van der Waals surface area contributed by atoms with Crippen molar-refractivity contribution < 1.29 is 0 Å². The number of thiophene rings is 1. The van der Waals surface area contributed by atoms with Gasteiger partial charge < -0.3 is 0 Å². The highest BCUT2D eigenvalue weighted by molar-refractivity contribution is 7.14. The van der Waals surface area contributed by atoms with Gasteiger partial charge >= 0.3 is 0 Å². The van der Waals surface area contributed by atoms with E-state index in [0.717, 1.165) is 0 Å². The van der Waals surface area contributed by atoms with Gasteiger partial charge in [0.15, 0.2) is 0 Å². The fourth-order valence-electron chi connectivity index (χ4n) is 0.331. The zero-order chi connectivity index (χ0) is 5.98. The molecule has 0 saturated carbocycles. The summed E-state index contributed by atoms with van der Waals surface area (Å²) in [6.07, 6.45) is 0. The molecule has 1 heterocycles. The molecular formula is C5HClNS. The molecule has 1 nitrogen and oxygen atoms in total. The third-order valence-corrected chi connectivity index (χ3v) is 1.61. The van der Waals surface area contributed by atoms with Crippen LogP contribution in [-0.2, 0) is 0 Å². The quantitative estimate of drug-likeness (QED) is 0.544. The molecule has 0 aliphatic heterocycles. The highest BCUT2D eigenvalue weighted by Crippen LogP contribution is 2.17. The Kier molecular flexibility index (Phi) is 1.52. The van der Waals surface area contributed by atoms with Gasteiger partial charge in [-0.3, -0.25) is 0 Å². The molecule has 0 bridgehead atoms. The molecule has 0 spiro atoms. The molecule has 8 heavy (non-hydrogen) atoms. The van der Waals surface area contributed by atoms with E-state index in [0.29, 0.717) is 9.90 Å². The lowest BCUT2D eigenvalue weighted by Crippen LogP contribution is -1.56. The fraction of sp³-hybridized carbons (Fsp3) is 0. The number of halogens is 1. The topological polar surface area (TPSA) is 23.8 Å². The monoisotopic (exact) mass is 142 g/mol. The minimum Gasteiger partial charge on any atom is -0.192 e. The molecule has 39 valence electrons. The van der Waals surface area contributed by atoms with Crippen molar-refractivity contribution in [3.8, 4) is 6.07 Å². The fourth-order valence-corrected chi connectivity index (χ4v) is 1.04. The Labute approximate surface area is 56.1 Å². The Balaban J connectivity index is 3.05. The second kappa shape index (κ2) is 2.17. The first-order valence-electron chi connectivity index (χ1n) is 1.90. The van der Waals surface area contributed by atoms with E-state index in [4.69, 9.17) is 16.9 Å². The van der Waals surface area contributed by atoms with Crippen LogP contribution in [0.4, 0.5) is 0 Å². The summed E-state index contributed by atoms with van der Waals surface area (Å²) in [4.78, 5) is 0. The molecule has 0 unspecified atom stereocenters. The van der Waals surface area contributed by atoms with Gasteiger partial charge in [-0.25, -0.2) is 0 Å². The average molecular weight is 143 g/mol. The highest BCUT2D eigenvalue weighted by atomic mass is 35.5. The molecule has 0 fully saturated rings. The minimum atomic E-state index is 0.514. The summed E-state index contributed by atoms with van der Waals surface area (Å²) in [7, 11) is 0. The smallest absolute Gasteiger partial charge is 0.101 e. The van der Waals surface area contributed by atoms with Crippen molar-refractivity contribution >= 4 is 22.9 Å². The van der Waals surface area contributed by atoms with Crippen LogP contribution in [0, 0.1) is 16.7 Å². The molecule has 0 amide bonds. The Morgan fingerprint density at radius 2 is 2.62 bits per heavy atom. The second-order valence-electron chi connectivity index (χ2n) is 1.18. The van der Waals surface area contributed by atoms with E-state index < -0.39 is 0 Å². The number of hydrogen-bond acceptors (Lipinski definition) is 2. The Morgan fingerprint density at radius 1 is 1.88 bits per heavy atom. The molecule has 0 saturated heterocycles. The molecule has 0 N–H and O–H groups in total. The molecule has 1 radical (unpaired) electrons. The zero-order valence-electron chi connectivity index (χ0n) is 3.81. The summed E-state index contributed by atoms with van der Waals surface area (Å²) in [6, 6.07) is 3.51. The van der Waals surface area contributed by atoms with Crippen LogP contribution >= 0.6 is 22.9 Å². The average Bonchev–Trinajstić information content (AvgIpc) is 2.14. The van der Waals surface area contributed by atoms with Crippen LogP contribution in [-0.4, -0.2) is 0 Å². The van der Waals surface area contributed by atoms with Gasteiger partial charge in [-0.2, -0.15) is 5.26 Å². The van der Waals surface area contributed by atoms with Gasteiger partial charge in [0.1, 0.15) is 6.07 Å². The van der Waals surface area contributed by atoms with Crippen LogP contribution in [0.5, 0.6) is 0 Å². The maximum atomic E-state index is 8.22. The summed E-state index contributed by atoms with van der Waals surface area (Å²) in [5.41, 5.74) is 0.514. The van der Waals surface area contributed by atoms with Gasteiger partial charge in [0.2, 0.25) is 0 Å². The van der Waals surface area contributed by atoms with Crippen LogP contribution in [0.3, 0.4) is 0 Å². The molecule has 1 rings (SSSR count). The second-order valence-corrected chi connectivity index (χ2v) is 2.66. The van der Waals surface area contributed by atoms with Crippen molar-refractivity contribution in [2.45, 2.75) is 0 Å². The summed E-state index contributed by atoms with van der Waals surface area (Å²) in [6.45, 7) is 0. The largest absolute Gasteiger partial charge is 0.192 e. The lowest BCUT2D eigenvalue weighted by molar-refractivity contribution is 1.51. The van der Waals surface area contributed by atoms with Crippen LogP contribution in [0.2, 0.25) is 4.34 Å². The van der Waals surface area contributed by atoms with Gasteiger partial charge in [-0.15, -0.1) is 11.3 Å². The lowest BCUT2D eigenvalue weighted by atomic mass is 10.4. The molecule has 0 atom stereocenters. The van der Waals surface area contributed by atoms with Crippen molar-refractivity contribution in [3.05, 3.63) is 21.3 Å². The van der Waals surface area contributed by atoms with Gasteiger partial charge in [-0.05, 0) is 6.07 Å². The molecule has 3 heteroatoms. The summed E-state index contributed by atoms with van der Waals surface area (Å²) in [5, 5.41) is 10.9. The Morgan fingerprint density at radius 3 is 2.88 bits per heavy atom. The van der Waals surface area contributed by atoms with Gasteiger partial charge in [0, 0.05) is 0 Å². The molecule has 0 aromatic carbocycles. The lowest BCUT2D eigenvalue weighted by Gasteiger charge is -1.65. The van der Waals surface area contributed by atoms with Crippen LogP contribution in [0.25, 0.3) is 0 Å². The summed E-state index contributed by atoms with van der Waals surface area (Å²) < 4.78 is 0.613. The summed E-state index contributed by atoms with van der Waals surface area (Å²) in [5.74, 6) is 0. The predicted octanol–water partition coefficient (Wildman–Crippen LogP) is 2.07. The first-order chi connectivity index (χ1) is 3.83. The van der Waals surface area contributed by atoms with Crippen molar-refractivity contribution in [2.75, 3.05) is 0 Å². The van der Waals surface area contributed by atoms with Crippen molar-refractivity contribution in [2.24, 2.45) is 0 Å². The zero-order valence-corrected chi connectivity index (χ0v) is 5.38. The van der Waals surface area contributed by atoms with Crippen molar-refractivity contribution in [3.63, 3.8) is 0 Å². The highest BCUT2D eigenvalue weighted by Gasteiger charge is 1.92. The van der Waals surface area contributed by atoms with Gasteiger partial charge in [0.25, 0.3) is 0 Å². The number of rotatable bonds is 0. The molecule has 1 aromatic heterocycles. The first kappa shape index (κ1) is 5.61. The van der Waals surface area contributed by atoms with E-state index in [-0.39, 0.29) is 0 Å². The van der Waals surface area contributed by atoms with Crippen LogP contribution in [0.1, 0.15) is 5.56 Å². The Bertz CT molecular complexity index is 223. The third kappa shape index (κ3) is 1.00. The van der Waals surface area contributed by atoms with E-state index in [1.165, 1.54) is 11.3 Å². The standard InChI is InChI=1S/C5HClNS/c6-5-1-4(2-7)3-8-5/h1H. The van der Waals surface area contributed by atoms with E-state index in [1.54, 1.807) is 6.07 Å². The van der Waals surface area contributed by atoms with Crippen molar-refractivity contribution in [1.29, 1.82) is 5.26 Å². The molecular weight excluding hydrogens is 142 g/mol. The number of nitrogens with zero attached hydrogens (tertiary/aromatic N) is 1. The van der Waals surface area contributed by atoms with Crippen LogP contribution in [0.15, 0.2) is 6.07 Å². The van der Waals surface area contributed by atoms with Crippen LogP contribution < -0.4 is 0 Å². The van der Waals surface area contributed by atoms with Gasteiger partial charge in [0.05, 0.1) is 15.3 Å². The van der Waals surface area contributed by atoms with E-state index >= 15 is 0 Å². The van der Waals surface area contributed by atoms with E-state index in [2.05, 4.69) is 5.38 Å². The molecule has 0 aliphatic carbocycles. The molecule has 0 aliphatic rings. The predicted molar refractivity (Wildman–Crippen MR) is 32.9 cm³/mol. The normalized spacial score (nSPS) is 8.50. The maximum Gasteiger partial charge on any atom is 0.101 e. The van der Waals surface area contributed by atoms with Gasteiger partial charge in [-0.1, -0.05) is 11.6 Å². The maximum absolute atomic E-state index is 8.22. The third-order valence-electron chi connectivity index (χ3n) is 0.637. The van der Waals surface area contributed by atoms with E-state index in [9.17, 15) is 0 Å². The van der Waals surface area contributed by atoms with E-state index in [1.807, 2.05) is 6.07 Å². The van der Waals surface area contributed by atoms with Crippen molar-refractivity contribution in [1.82, 2.24) is 0 Å². The Hall–Kier alpha value is -0.520. The minimum absolute atomic E-state index is 0.514. The first-order valence-corrected chi connectivity index (χ1v) is 3.09.